The molecule has 1 heterocycles. The second kappa shape index (κ2) is 10.1. The molecule has 0 saturated carbocycles. The van der Waals surface area contributed by atoms with Crippen LogP contribution >= 0.6 is 0 Å². The lowest BCUT2D eigenvalue weighted by atomic mass is 9.90. The highest BCUT2D eigenvalue weighted by Crippen LogP contribution is 2.40. The summed E-state index contributed by atoms with van der Waals surface area (Å²) in [7, 11) is 0. The van der Waals surface area contributed by atoms with Crippen LogP contribution in [0.25, 0.3) is 60.5 Å². The van der Waals surface area contributed by atoms with Gasteiger partial charge in [0.25, 0.3) is 0 Å². The SMILES string of the molecule is c1ccc(-c2c(-c3ccc(Nc4cccc5c4c4ccccc4n5-c4ccccc4)cc3)ccc3ccccc23)cc1. The summed E-state index contributed by atoms with van der Waals surface area (Å²) in [6.45, 7) is 0. The Balaban J connectivity index is 1.22. The summed E-state index contributed by atoms with van der Waals surface area (Å²) in [6, 6.07) is 58.4. The monoisotopic (exact) mass is 536 g/mol. The third-order valence-electron chi connectivity index (χ3n) is 8.18. The number of fused-ring (bicyclic) bond motifs is 4. The molecule has 7 aromatic carbocycles. The normalized spacial score (nSPS) is 11.3. The maximum Gasteiger partial charge on any atom is 0.0562 e. The van der Waals surface area contributed by atoms with E-state index >= 15 is 0 Å². The molecule has 0 amide bonds. The molecular weight excluding hydrogens is 508 g/mol. The molecule has 0 fully saturated rings. The summed E-state index contributed by atoms with van der Waals surface area (Å²) in [5.41, 5.74) is 10.6. The summed E-state index contributed by atoms with van der Waals surface area (Å²) >= 11 is 0. The number of para-hydroxylation sites is 2. The topological polar surface area (TPSA) is 17.0 Å². The van der Waals surface area contributed by atoms with Crippen molar-refractivity contribution in [3.63, 3.8) is 0 Å². The molecule has 0 saturated heterocycles. The Morgan fingerprint density at radius 3 is 1.90 bits per heavy atom. The van der Waals surface area contributed by atoms with E-state index < -0.39 is 0 Å². The number of anilines is 2. The minimum atomic E-state index is 1.06. The number of aromatic nitrogens is 1. The Labute approximate surface area is 245 Å². The second-order valence-electron chi connectivity index (χ2n) is 10.7. The fraction of sp³-hybridized carbons (Fsp3) is 0. The van der Waals surface area contributed by atoms with Crippen LogP contribution in [-0.2, 0) is 0 Å². The van der Waals surface area contributed by atoms with Gasteiger partial charge < -0.3 is 9.88 Å². The van der Waals surface area contributed by atoms with Crippen molar-refractivity contribution in [2.75, 3.05) is 5.32 Å². The number of rotatable bonds is 5. The number of benzene rings is 7. The van der Waals surface area contributed by atoms with Gasteiger partial charge in [-0.1, -0.05) is 121 Å². The average Bonchev–Trinajstić information content (AvgIpc) is 3.41. The van der Waals surface area contributed by atoms with Gasteiger partial charge in [0.15, 0.2) is 0 Å². The van der Waals surface area contributed by atoms with Crippen molar-refractivity contribution in [2.45, 2.75) is 0 Å². The maximum absolute atomic E-state index is 3.75. The first-order valence-corrected chi connectivity index (χ1v) is 14.4. The zero-order chi connectivity index (χ0) is 27.9. The van der Waals surface area contributed by atoms with Crippen molar-refractivity contribution in [1.29, 1.82) is 0 Å². The van der Waals surface area contributed by atoms with Crippen molar-refractivity contribution >= 4 is 44.0 Å². The van der Waals surface area contributed by atoms with Gasteiger partial charge in [0.1, 0.15) is 0 Å². The lowest BCUT2D eigenvalue weighted by Gasteiger charge is -2.15. The molecule has 0 bridgehead atoms. The van der Waals surface area contributed by atoms with Crippen LogP contribution in [0, 0.1) is 0 Å². The quantitative estimate of drug-likeness (QED) is 0.231. The van der Waals surface area contributed by atoms with Crippen LogP contribution in [-0.4, -0.2) is 4.57 Å². The van der Waals surface area contributed by atoms with Gasteiger partial charge >= 0.3 is 0 Å². The first-order chi connectivity index (χ1) is 20.8. The molecule has 0 atom stereocenters. The van der Waals surface area contributed by atoms with Crippen LogP contribution in [0.2, 0.25) is 0 Å². The molecule has 0 spiro atoms. The summed E-state index contributed by atoms with van der Waals surface area (Å²) in [4.78, 5) is 0. The molecule has 1 aromatic heterocycles. The van der Waals surface area contributed by atoms with Crippen LogP contribution in [0.5, 0.6) is 0 Å². The largest absolute Gasteiger partial charge is 0.355 e. The predicted octanol–water partition coefficient (Wildman–Crippen LogP) is 11.0. The fourth-order valence-electron chi connectivity index (χ4n) is 6.30. The van der Waals surface area contributed by atoms with E-state index in [-0.39, 0.29) is 0 Å². The van der Waals surface area contributed by atoms with Crippen molar-refractivity contribution in [3.8, 4) is 27.9 Å². The Hall–Kier alpha value is -5.60. The minimum Gasteiger partial charge on any atom is -0.355 e. The Bertz CT molecular complexity index is 2190. The van der Waals surface area contributed by atoms with Crippen molar-refractivity contribution < 1.29 is 0 Å². The van der Waals surface area contributed by atoms with E-state index in [1.54, 1.807) is 0 Å². The fourth-order valence-corrected chi connectivity index (χ4v) is 6.30. The molecule has 0 unspecified atom stereocenters. The third kappa shape index (κ3) is 4.05. The zero-order valence-electron chi connectivity index (χ0n) is 23.0. The minimum absolute atomic E-state index is 1.06. The third-order valence-corrected chi connectivity index (χ3v) is 8.18. The van der Waals surface area contributed by atoms with Crippen molar-refractivity contribution in [2.24, 2.45) is 0 Å². The van der Waals surface area contributed by atoms with Crippen LogP contribution in [0.15, 0.2) is 164 Å². The van der Waals surface area contributed by atoms with Gasteiger partial charge in [-0.25, -0.2) is 0 Å². The van der Waals surface area contributed by atoms with E-state index in [1.165, 1.54) is 54.8 Å². The number of hydrogen-bond acceptors (Lipinski definition) is 1. The van der Waals surface area contributed by atoms with Crippen LogP contribution in [0.1, 0.15) is 0 Å². The highest BCUT2D eigenvalue weighted by molar-refractivity contribution is 6.15. The first kappa shape index (κ1) is 24.2. The molecule has 198 valence electrons. The summed E-state index contributed by atoms with van der Waals surface area (Å²) in [5, 5.41) is 8.72. The van der Waals surface area contributed by atoms with E-state index in [4.69, 9.17) is 0 Å². The van der Waals surface area contributed by atoms with E-state index in [2.05, 4.69) is 174 Å². The molecule has 0 radical (unpaired) electrons. The van der Waals surface area contributed by atoms with Crippen LogP contribution < -0.4 is 5.32 Å². The summed E-state index contributed by atoms with van der Waals surface area (Å²) < 4.78 is 2.35. The first-order valence-electron chi connectivity index (χ1n) is 14.4. The Morgan fingerprint density at radius 2 is 1.10 bits per heavy atom. The standard InChI is InChI=1S/C40H28N2/c1-3-13-30(14-4-1)39-33-17-8-7-12-28(33)24-27-34(39)29-22-25-31(26-23-29)41-36-19-11-21-38-40(36)35-18-9-10-20-37(35)42(38)32-15-5-2-6-16-32/h1-27,41H. The summed E-state index contributed by atoms with van der Waals surface area (Å²) in [5.74, 6) is 0. The highest BCUT2D eigenvalue weighted by Gasteiger charge is 2.16. The van der Waals surface area contributed by atoms with Gasteiger partial charge in [0.2, 0.25) is 0 Å². The number of hydrogen-bond donors (Lipinski definition) is 1. The lowest BCUT2D eigenvalue weighted by molar-refractivity contribution is 1.18. The zero-order valence-corrected chi connectivity index (χ0v) is 23.0. The lowest BCUT2D eigenvalue weighted by Crippen LogP contribution is -1.94. The number of nitrogens with one attached hydrogen (secondary N) is 1. The molecule has 8 aromatic rings. The molecular formula is C40H28N2. The Morgan fingerprint density at radius 1 is 0.429 bits per heavy atom. The van der Waals surface area contributed by atoms with Crippen molar-refractivity contribution in [1.82, 2.24) is 4.57 Å². The molecule has 42 heavy (non-hydrogen) atoms. The second-order valence-corrected chi connectivity index (χ2v) is 10.7. The summed E-state index contributed by atoms with van der Waals surface area (Å²) in [6.07, 6.45) is 0. The van der Waals surface area contributed by atoms with Crippen LogP contribution in [0.4, 0.5) is 11.4 Å². The van der Waals surface area contributed by atoms with Gasteiger partial charge in [-0.05, 0) is 75.5 Å². The van der Waals surface area contributed by atoms with E-state index in [1.807, 2.05) is 0 Å². The maximum atomic E-state index is 3.75. The number of nitrogens with zero attached hydrogens (tertiary/aromatic N) is 1. The van der Waals surface area contributed by atoms with E-state index in [9.17, 15) is 0 Å². The Kier molecular flexibility index (Phi) is 5.82. The van der Waals surface area contributed by atoms with E-state index in [0.717, 1.165) is 17.1 Å². The highest BCUT2D eigenvalue weighted by atomic mass is 15.0. The molecule has 0 aliphatic heterocycles. The van der Waals surface area contributed by atoms with Crippen molar-refractivity contribution in [3.05, 3.63) is 164 Å². The molecule has 1 N–H and O–H groups in total. The average molecular weight is 537 g/mol. The molecule has 0 aliphatic rings. The molecule has 2 nitrogen and oxygen atoms in total. The van der Waals surface area contributed by atoms with Gasteiger partial charge in [-0.2, -0.15) is 0 Å². The van der Waals surface area contributed by atoms with Gasteiger partial charge in [-0.15, -0.1) is 0 Å². The van der Waals surface area contributed by atoms with Crippen LogP contribution in [0.3, 0.4) is 0 Å². The predicted molar refractivity (Wildman–Crippen MR) is 179 cm³/mol. The molecule has 8 rings (SSSR count). The molecule has 2 heteroatoms. The smallest absolute Gasteiger partial charge is 0.0562 e. The van der Waals surface area contributed by atoms with E-state index in [0.29, 0.717) is 0 Å². The van der Waals surface area contributed by atoms with Gasteiger partial charge in [0, 0.05) is 27.8 Å². The van der Waals surface area contributed by atoms with Gasteiger partial charge in [-0.3, -0.25) is 0 Å². The van der Waals surface area contributed by atoms with Gasteiger partial charge in [0.05, 0.1) is 11.0 Å². The molecule has 0 aliphatic carbocycles.